The summed E-state index contributed by atoms with van der Waals surface area (Å²) in [6, 6.07) is 3.08. The quantitative estimate of drug-likeness (QED) is 0.697. The van der Waals surface area contributed by atoms with Crippen molar-refractivity contribution in [2.24, 2.45) is 0 Å². The van der Waals surface area contributed by atoms with Crippen molar-refractivity contribution in [2.45, 2.75) is 20.3 Å². The summed E-state index contributed by atoms with van der Waals surface area (Å²) in [6.45, 7) is 3.94. The highest BCUT2D eigenvalue weighted by Crippen LogP contribution is 2.13. The molecule has 0 fully saturated rings. The van der Waals surface area contributed by atoms with Crippen LogP contribution in [0.4, 0.5) is 0 Å². The Bertz CT molecular complexity index is 529. The van der Waals surface area contributed by atoms with Crippen LogP contribution in [-0.4, -0.2) is 48.9 Å². The summed E-state index contributed by atoms with van der Waals surface area (Å²) in [6.07, 6.45) is 0.699. The molecule has 8 heteroatoms. The molecule has 0 saturated carbocycles. The first kappa shape index (κ1) is 18.2. The van der Waals surface area contributed by atoms with Crippen molar-refractivity contribution in [3.63, 3.8) is 0 Å². The predicted octanol–water partition coefficient (Wildman–Crippen LogP) is 1.57. The van der Waals surface area contributed by atoms with Gasteiger partial charge in [0.05, 0.1) is 13.2 Å². The van der Waals surface area contributed by atoms with Crippen LogP contribution < -0.4 is 5.32 Å². The second kappa shape index (κ2) is 9.24. The Morgan fingerprint density at radius 1 is 1.32 bits per heavy atom. The minimum absolute atomic E-state index is 0.104. The monoisotopic (exact) mass is 374 g/mol. The molecular weight excluding hydrogens is 356 g/mol. The van der Waals surface area contributed by atoms with E-state index in [1.54, 1.807) is 13.0 Å². The molecule has 0 saturated heterocycles. The van der Waals surface area contributed by atoms with Crippen molar-refractivity contribution in [1.29, 1.82) is 0 Å². The van der Waals surface area contributed by atoms with Crippen LogP contribution in [0, 0.1) is 0 Å². The van der Waals surface area contributed by atoms with Crippen LogP contribution >= 0.6 is 15.9 Å². The molecule has 0 radical (unpaired) electrons. The first-order valence-electron chi connectivity index (χ1n) is 6.94. The van der Waals surface area contributed by atoms with Gasteiger partial charge in [-0.25, -0.2) is 0 Å². The van der Waals surface area contributed by atoms with Crippen LogP contribution in [0.2, 0.25) is 0 Å². The van der Waals surface area contributed by atoms with Gasteiger partial charge < -0.3 is 19.4 Å². The molecule has 0 aliphatic heterocycles. The first-order chi connectivity index (χ1) is 10.5. The SMILES string of the molecule is CCCN(CC(=O)OCC)C(=O)CNC(=O)c1ccc(Br)o1. The molecule has 0 aliphatic rings. The van der Waals surface area contributed by atoms with Crippen LogP contribution in [0.25, 0.3) is 0 Å². The van der Waals surface area contributed by atoms with Gasteiger partial charge in [-0.15, -0.1) is 0 Å². The standard InChI is InChI=1S/C14H19BrN2O5/c1-3-7-17(9-13(19)21-4-2)12(18)8-16-14(20)10-5-6-11(15)22-10/h5-6H,3-4,7-9H2,1-2H3,(H,16,20). The molecule has 1 aromatic heterocycles. The Balaban J connectivity index is 2.52. The molecule has 0 aromatic carbocycles. The van der Waals surface area contributed by atoms with Gasteiger partial charge >= 0.3 is 5.97 Å². The van der Waals surface area contributed by atoms with Gasteiger partial charge in [0.25, 0.3) is 5.91 Å². The molecule has 0 unspecified atom stereocenters. The van der Waals surface area contributed by atoms with Crippen molar-refractivity contribution in [3.8, 4) is 0 Å². The normalized spacial score (nSPS) is 10.1. The topological polar surface area (TPSA) is 88.9 Å². The van der Waals surface area contributed by atoms with E-state index >= 15 is 0 Å². The van der Waals surface area contributed by atoms with Gasteiger partial charge in [-0.3, -0.25) is 14.4 Å². The van der Waals surface area contributed by atoms with Gasteiger partial charge in [0.2, 0.25) is 5.91 Å². The van der Waals surface area contributed by atoms with E-state index in [0.29, 0.717) is 17.6 Å². The Labute approximate surface area is 137 Å². The van der Waals surface area contributed by atoms with E-state index in [2.05, 4.69) is 21.2 Å². The van der Waals surface area contributed by atoms with E-state index in [9.17, 15) is 14.4 Å². The zero-order valence-electron chi connectivity index (χ0n) is 12.6. The van der Waals surface area contributed by atoms with Crippen molar-refractivity contribution in [1.82, 2.24) is 10.2 Å². The number of carbonyl (C=O) groups is 3. The van der Waals surface area contributed by atoms with E-state index < -0.39 is 11.9 Å². The van der Waals surface area contributed by atoms with Crippen molar-refractivity contribution >= 4 is 33.7 Å². The summed E-state index contributed by atoms with van der Waals surface area (Å²) in [5.74, 6) is -1.21. The van der Waals surface area contributed by atoms with Gasteiger partial charge in [0.15, 0.2) is 10.4 Å². The van der Waals surface area contributed by atoms with E-state index in [1.807, 2.05) is 6.92 Å². The molecule has 22 heavy (non-hydrogen) atoms. The second-order valence-electron chi connectivity index (χ2n) is 4.41. The number of carbonyl (C=O) groups excluding carboxylic acids is 3. The molecule has 7 nitrogen and oxygen atoms in total. The molecule has 0 atom stereocenters. The van der Waals surface area contributed by atoms with Crippen LogP contribution in [0.15, 0.2) is 21.2 Å². The number of furan rings is 1. The number of nitrogens with one attached hydrogen (secondary N) is 1. The summed E-state index contributed by atoms with van der Waals surface area (Å²) < 4.78 is 10.3. The number of amides is 2. The summed E-state index contributed by atoms with van der Waals surface area (Å²) in [5.41, 5.74) is 0. The summed E-state index contributed by atoms with van der Waals surface area (Å²) in [4.78, 5) is 36.7. The van der Waals surface area contributed by atoms with E-state index in [1.165, 1.54) is 11.0 Å². The zero-order chi connectivity index (χ0) is 16.5. The summed E-state index contributed by atoms with van der Waals surface area (Å²) in [5, 5.41) is 2.46. The minimum Gasteiger partial charge on any atom is -0.465 e. The molecule has 1 aromatic rings. The Kier molecular flexibility index (Phi) is 7.65. The third kappa shape index (κ3) is 5.88. The maximum Gasteiger partial charge on any atom is 0.325 e. The fraction of sp³-hybridized carbons (Fsp3) is 0.500. The molecule has 0 bridgehead atoms. The van der Waals surface area contributed by atoms with Gasteiger partial charge in [0, 0.05) is 6.54 Å². The fourth-order valence-corrected chi connectivity index (χ4v) is 2.02. The van der Waals surface area contributed by atoms with Crippen molar-refractivity contribution in [3.05, 3.63) is 22.6 Å². The Morgan fingerprint density at radius 3 is 2.59 bits per heavy atom. The van der Waals surface area contributed by atoms with Crippen LogP contribution in [0.3, 0.4) is 0 Å². The summed E-state index contributed by atoms with van der Waals surface area (Å²) in [7, 11) is 0. The first-order valence-corrected chi connectivity index (χ1v) is 7.74. The van der Waals surface area contributed by atoms with Gasteiger partial charge in [-0.2, -0.15) is 0 Å². The Hall–Kier alpha value is -1.83. The van der Waals surface area contributed by atoms with Crippen molar-refractivity contribution in [2.75, 3.05) is 26.2 Å². The fourth-order valence-electron chi connectivity index (χ4n) is 1.72. The molecule has 1 N–H and O–H groups in total. The second-order valence-corrected chi connectivity index (χ2v) is 5.19. The highest BCUT2D eigenvalue weighted by Gasteiger charge is 2.19. The van der Waals surface area contributed by atoms with E-state index in [4.69, 9.17) is 9.15 Å². The minimum atomic E-state index is -0.494. The number of nitrogens with zero attached hydrogens (tertiary/aromatic N) is 1. The van der Waals surface area contributed by atoms with E-state index in [0.717, 1.165) is 0 Å². The molecule has 0 aliphatic carbocycles. The van der Waals surface area contributed by atoms with Gasteiger partial charge in [0.1, 0.15) is 6.54 Å². The van der Waals surface area contributed by atoms with Crippen LogP contribution in [0.1, 0.15) is 30.8 Å². The predicted molar refractivity (Wildman–Crippen MR) is 82.2 cm³/mol. The van der Waals surface area contributed by atoms with Crippen LogP contribution in [0.5, 0.6) is 0 Å². The molecule has 122 valence electrons. The molecule has 2 amide bonds. The molecule has 0 spiro atoms. The van der Waals surface area contributed by atoms with Crippen LogP contribution in [-0.2, 0) is 14.3 Å². The lowest BCUT2D eigenvalue weighted by Gasteiger charge is -2.21. The maximum atomic E-state index is 12.1. The highest BCUT2D eigenvalue weighted by molar-refractivity contribution is 9.10. The number of ether oxygens (including phenoxy) is 1. The number of hydrogen-bond acceptors (Lipinski definition) is 5. The lowest BCUT2D eigenvalue weighted by molar-refractivity contribution is -0.148. The van der Waals surface area contributed by atoms with Gasteiger partial charge in [-0.1, -0.05) is 6.92 Å². The highest BCUT2D eigenvalue weighted by atomic mass is 79.9. The third-order valence-corrected chi connectivity index (χ3v) is 3.09. The maximum absolute atomic E-state index is 12.1. The lowest BCUT2D eigenvalue weighted by Crippen LogP contribution is -2.43. The zero-order valence-corrected chi connectivity index (χ0v) is 14.1. The molecular formula is C14H19BrN2O5. The average Bonchev–Trinajstić information content (AvgIpc) is 2.91. The van der Waals surface area contributed by atoms with Gasteiger partial charge in [-0.05, 0) is 41.4 Å². The molecule has 1 rings (SSSR count). The number of rotatable bonds is 8. The lowest BCUT2D eigenvalue weighted by atomic mass is 10.3. The summed E-state index contributed by atoms with van der Waals surface area (Å²) >= 11 is 3.09. The number of hydrogen-bond donors (Lipinski definition) is 1. The Morgan fingerprint density at radius 2 is 2.05 bits per heavy atom. The average molecular weight is 375 g/mol. The number of halogens is 1. The van der Waals surface area contributed by atoms with E-state index in [-0.39, 0.29) is 31.4 Å². The number of esters is 1. The largest absolute Gasteiger partial charge is 0.465 e. The third-order valence-electron chi connectivity index (χ3n) is 2.67. The smallest absolute Gasteiger partial charge is 0.325 e. The van der Waals surface area contributed by atoms with Crippen molar-refractivity contribution < 1.29 is 23.5 Å². The molecule has 1 heterocycles.